The van der Waals surface area contributed by atoms with Gasteiger partial charge in [-0.05, 0) is 36.5 Å². The van der Waals surface area contributed by atoms with E-state index in [0.717, 1.165) is 18.7 Å². The Hall–Kier alpha value is -1.22. The van der Waals surface area contributed by atoms with Gasteiger partial charge in [-0.25, -0.2) is 0 Å². The summed E-state index contributed by atoms with van der Waals surface area (Å²) >= 11 is 6.00. The van der Waals surface area contributed by atoms with E-state index in [1.54, 1.807) is 12.1 Å². The number of halogens is 1. The van der Waals surface area contributed by atoms with Crippen LogP contribution in [0.15, 0.2) is 18.2 Å². The second kappa shape index (κ2) is 8.15. The van der Waals surface area contributed by atoms with Crippen molar-refractivity contribution in [2.45, 2.75) is 34.1 Å². The molecule has 0 aliphatic rings. The molecule has 3 nitrogen and oxygen atoms in total. The molecule has 1 atom stereocenters. The molecule has 0 spiro atoms. The zero-order chi connectivity index (χ0) is 15.1. The molecule has 0 aliphatic heterocycles. The summed E-state index contributed by atoms with van der Waals surface area (Å²) in [5.74, 6) is 0.927. The number of hydrogen-bond acceptors (Lipinski definition) is 2. The summed E-state index contributed by atoms with van der Waals surface area (Å²) < 4.78 is 0. The number of anilines is 1. The highest BCUT2D eigenvalue weighted by atomic mass is 35.5. The Bertz CT molecular complexity index is 446. The first-order valence-corrected chi connectivity index (χ1v) is 7.65. The summed E-state index contributed by atoms with van der Waals surface area (Å²) in [6.45, 7) is 10.1. The molecular weight excluding hydrogens is 272 g/mol. The zero-order valence-corrected chi connectivity index (χ0v) is 13.6. The van der Waals surface area contributed by atoms with Crippen molar-refractivity contribution in [3.05, 3.63) is 28.8 Å². The lowest BCUT2D eigenvalue weighted by Gasteiger charge is -2.17. The molecule has 0 bridgehead atoms. The van der Waals surface area contributed by atoms with E-state index in [1.807, 2.05) is 6.07 Å². The highest BCUT2D eigenvalue weighted by molar-refractivity contribution is 6.31. The van der Waals surface area contributed by atoms with Crippen molar-refractivity contribution in [2.75, 3.05) is 18.4 Å². The van der Waals surface area contributed by atoms with E-state index in [4.69, 9.17) is 11.6 Å². The monoisotopic (exact) mass is 296 g/mol. The summed E-state index contributed by atoms with van der Waals surface area (Å²) in [5, 5.41) is 6.83. The maximum atomic E-state index is 12.3. The molecule has 0 saturated carbocycles. The average Bonchev–Trinajstić information content (AvgIpc) is 2.42. The minimum atomic E-state index is -0.0707. The highest BCUT2D eigenvalue weighted by Crippen LogP contribution is 2.21. The number of carbonyl (C=O) groups is 1. The van der Waals surface area contributed by atoms with E-state index >= 15 is 0 Å². The number of amides is 1. The summed E-state index contributed by atoms with van der Waals surface area (Å²) in [4.78, 5) is 12.3. The maximum Gasteiger partial charge on any atom is 0.253 e. The van der Waals surface area contributed by atoms with Gasteiger partial charge in [0.25, 0.3) is 5.91 Å². The molecule has 2 N–H and O–H groups in total. The Morgan fingerprint density at radius 1 is 1.30 bits per heavy atom. The minimum Gasteiger partial charge on any atom is -0.384 e. The van der Waals surface area contributed by atoms with Gasteiger partial charge in [0.05, 0.1) is 5.56 Å². The molecule has 1 amide bonds. The van der Waals surface area contributed by atoms with Crippen LogP contribution in [0.25, 0.3) is 0 Å². The summed E-state index contributed by atoms with van der Waals surface area (Å²) in [6, 6.07) is 5.38. The fraction of sp³-hybridized carbons (Fsp3) is 0.562. The van der Waals surface area contributed by atoms with E-state index in [9.17, 15) is 4.79 Å². The molecule has 20 heavy (non-hydrogen) atoms. The Balaban J connectivity index is 2.77. The quantitative estimate of drug-likeness (QED) is 0.792. The van der Waals surface area contributed by atoms with Gasteiger partial charge in [-0.2, -0.15) is 0 Å². The van der Waals surface area contributed by atoms with Crippen LogP contribution < -0.4 is 10.6 Å². The lowest BCUT2D eigenvalue weighted by molar-refractivity contribution is 0.0945. The fourth-order valence-corrected chi connectivity index (χ4v) is 1.87. The van der Waals surface area contributed by atoms with Gasteiger partial charge >= 0.3 is 0 Å². The molecule has 0 fully saturated rings. The van der Waals surface area contributed by atoms with E-state index in [2.05, 4.69) is 38.3 Å². The van der Waals surface area contributed by atoms with Crippen LogP contribution in [0.1, 0.15) is 44.5 Å². The summed E-state index contributed by atoms with van der Waals surface area (Å²) in [7, 11) is 0. The molecule has 0 saturated heterocycles. The topological polar surface area (TPSA) is 41.1 Å². The lowest BCUT2D eigenvalue weighted by atomic mass is 9.98. The average molecular weight is 297 g/mol. The summed E-state index contributed by atoms with van der Waals surface area (Å²) in [5.41, 5.74) is 1.45. The number of nitrogens with one attached hydrogen (secondary N) is 2. The molecular formula is C16H25ClN2O. The van der Waals surface area contributed by atoms with Crippen molar-refractivity contribution < 1.29 is 4.79 Å². The van der Waals surface area contributed by atoms with Crippen LogP contribution >= 0.6 is 11.6 Å². The van der Waals surface area contributed by atoms with Gasteiger partial charge in [0, 0.05) is 23.8 Å². The van der Waals surface area contributed by atoms with Crippen molar-refractivity contribution in [3.8, 4) is 0 Å². The van der Waals surface area contributed by atoms with E-state index in [1.165, 1.54) is 0 Å². The van der Waals surface area contributed by atoms with E-state index in [-0.39, 0.29) is 5.91 Å². The highest BCUT2D eigenvalue weighted by Gasteiger charge is 2.14. The van der Waals surface area contributed by atoms with Gasteiger partial charge in [0.2, 0.25) is 0 Å². The van der Waals surface area contributed by atoms with Crippen molar-refractivity contribution >= 4 is 23.2 Å². The second-order valence-electron chi connectivity index (χ2n) is 5.55. The van der Waals surface area contributed by atoms with Crippen molar-refractivity contribution in [1.29, 1.82) is 0 Å². The molecule has 0 heterocycles. The van der Waals surface area contributed by atoms with Crippen molar-refractivity contribution in [1.82, 2.24) is 5.32 Å². The van der Waals surface area contributed by atoms with Gasteiger partial charge in [-0.15, -0.1) is 0 Å². The van der Waals surface area contributed by atoms with Gasteiger partial charge < -0.3 is 10.6 Å². The zero-order valence-electron chi connectivity index (χ0n) is 12.8. The standard InChI is InChI=1S/C16H25ClN2O/c1-5-8-18-15-7-6-13(17)9-14(15)16(20)19-10-12(4)11(2)3/h6-7,9,11-12,18H,5,8,10H2,1-4H3,(H,19,20). The maximum absolute atomic E-state index is 12.3. The summed E-state index contributed by atoms with van der Waals surface area (Å²) in [6.07, 6.45) is 1.01. The normalized spacial score (nSPS) is 12.3. The number of carbonyl (C=O) groups excluding carboxylic acids is 1. The van der Waals surface area contributed by atoms with Gasteiger partial charge in [0.15, 0.2) is 0 Å². The number of hydrogen-bond donors (Lipinski definition) is 2. The molecule has 1 rings (SSSR count). The van der Waals surface area contributed by atoms with Crippen molar-refractivity contribution in [2.24, 2.45) is 11.8 Å². The molecule has 0 aromatic heterocycles. The lowest BCUT2D eigenvalue weighted by Crippen LogP contribution is -2.30. The molecule has 4 heteroatoms. The molecule has 112 valence electrons. The Morgan fingerprint density at radius 2 is 2.00 bits per heavy atom. The van der Waals surface area contributed by atoms with Gasteiger partial charge in [-0.1, -0.05) is 39.3 Å². The van der Waals surface area contributed by atoms with Crippen LogP contribution in [0.5, 0.6) is 0 Å². The predicted molar refractivity (Wildman–Crippen MR) is 86.6 cm³/mol. The number of benzene rings is 1. The Morgan fingerprint density at radius 3 is 2.60 bits per heavy atom. The van der Waals surface area contributed by atoms with Crippen LogP contribution in [-0.2, 0) is 0 Å². The molecule has 1 aromatic carbocycles. The largest absolute Gasteiger partial charge is 0.384 e. The third kappa shape index (κ3) is 5.04. The fourth-order valence-electron chi connectivity index (χ4n) is 1.70. The second-order valence-corrected chi connectivity index (χ2v) is 5.98. The van der Waals surface area contributed by atoms with Crippen LogP contribution in [0.4, 0.5) is 5.69 Å². The first-order chi connectivity index (χ1) is 9.45. The molecule has 1 aromatic rings. The Kier molecular flexibility index (Phi) is 6.86. The van der Waals surface area contributed by atoms with Crippen LogP contribution in [-0.4, -0.2) is 19.0 Å². The van der Waals surface area contributed by atoms with Crippen LogP contribution in [0.3, 0.4) is 0 Å². The Labute approximate surface area is 127 Å². The molecule has 0 aliphatic carbocycles. The first-order valence-electron chi connectivity index (χ1n) is 7.27. The van der Waals surface area contributed by atoms with Gasteiger partial charge in [0.1, 0.15) is 0 Å². The van der Waals surface area contributed by atoms with Crippen LogP contribution in [0, 0.1) is 11.8 Å². The van der Waals surface area contributed by atoms with Crippen molar-refractivity contribution in [3.63, 3.8) is 0 Å². The first kappa shape index (κ1) is 16.8. The number of rotatable bonds is 7. The van der Waals surface area contributed by atoms with E-state index in [0.29, 0.717) is 29.0 Å². The third-order valence-electron chi connectivity index (χ3n) is 3.51. The SMILES string of the molecule is CCCNc1ccc(Cl)cc1C(=O)NCC(C)C(C)C. The smallest absolute Gasteiger partial charge is 0.253 e. The van der Waals surface area contributed by atoms with Gasteiger partial charge in [-0.3, -0.25) is 4.79 Å². The minimum absolute atomic E-state index is 0.0707. The molecule has 1 unspecified atom stereocenters. The van der Waals surface area contributed by atoms with Crippen LogP contribution in [0.2, 0.25) is 5.02 Å². The van der Waals surface area contributed by atoms with E-state index < -0.39 is 0 Å². The third-order valence-corrected chi connectivity index (χ3v) is 3.75. The molecule has 0 radical (unpaired) electrons. The predicted octanol–water partition coefficient (Wildman–Crippen LogP) is 4.18.